The van der Waals surface area contributed by atoms with Gasteiger partial charge >= 0.3 is 5.97 Å². The fourth-order valence-corrected chi connectivity index (χ4v) is 3.70. The number of carbonyl (C=O) groups excluding carboxylic acids is 3. The highest BCUT2D eigenvalue weighted by molar-refractivity contribution is 9.10. The lowest BCUT2D eigenvalue weighted by molar-refractivity contribution is -0.384. The number of carbonyl (C=O) groups is 3. The van der Waals surface area contributed by atoms with Gasteiger partial charge in [0, 0.05) is 40.9 Å². The largest absolute Gasteiger partial charge is 0.455 e. The zero-order chi connectivity index (χ0) is 22.5. The number of nitro benzene ring substituents is 1. The number of halogens is 1. The van der Waals surface area contributed by atoms with Crippen LogP contribution < -0.4 is 10.2 Å². The van der Waals surface area contributed by atoms with Crippen LogP contribution in [0.3, 0.4) is 0 Å². The molecule has 0 radical (unpaired) electrons. The maximum absolute atomic E-state index is 12.4. The number of nitro groups is 1. The van der Waals surface area contributed by atoms with Crippen LogP contribution in [0.25, 0.3) is 0 Å². The predicted octanol–water partition coefficient (Wildman–Crippen LogP) is 3.45. The first-order valence-electron chi connectivity index (χ1n) is 9.58. The lowest BCUT2D eigenvalue weighted by Gasteiger charge is -2.16. The van der Waals surface area contributed by atoms with Crippen molar-refractivity contribution in [1.82, 2.24) is 0 Å². The molecule has 1 aliphatic heterocycles. The summed E-state index contributed by atoms with van der Waals surface area (Å²) in [7, 11) is 0. The quantitative estimate of drug-likeness (QED) is 0.361. The third-order valence-corrected chi connectivity index (χ3v) is 5.39. The number of amides is 2. The van der Waals surface area contributed by atoms with Gasteiger partial charge in [-0.1, -0.05) is 22.9 Å². The second-order valence-corrected chi connectivity index (χ2v) is 7.91. The van der Waals surface area contributed by atoms with E-state index in [1.54, 1.807) is 12.1 Å². The van der Waals surface area contributed by atoms with Gasteiger partial charge in [0.15, 0.2) is 6.61 Å². The van der Waals surface area contributed by atoms with Crippen molar-refractivity contribution in [2.45, 2.75) is 19.8 Å². The SMILES string of the molecule is CCc1cc(Br)ccc1NC(=O)COC(=O)[C@@H]1CC(=O)N(c2ccc([N+](=O)[O-])cc2)C1. The smallest absolute Gasteiger partial charge is 0.311 e. The third kappa shape index (κ3) is 5.46. The molecule has 162 valence electrons. The minimum Gasteiger partial charge on any atom is -0.455 e. The molecule has 9 nitrogen and oxygen atoms in total. The van der Waals surface area contributed by atoms with Gasteiger partial charge in [-0.15, -0.1) is 0 Å². The van der Waals surface area contributed by atoms with E-state index in [0.717, 1.165) is 16.5 Å². The van der Waals surface area contributed by atoms with E-state index < -0.39 is 29.3 Å². The molecule has 1 atom stereocenters. The van der Waals surface area contributed by atoms with Gasteiger partial charge in [-0.2, -0.15) is 0 Å². The molecule has 0 aromatic heterocycles. The molecule has 2 aromatic carbocycles. The minimum atomic E-state index is -0.714. The molecule has 10 heteroatoms. The van der Waals surface area contributed by atoms with Gasteiger partial charge in [0.25, 0.3) is 11.6 Å². The summed E-state index contributed by atoms with van der Waals surface area (Å²) in [6.45, 7) is 1.59. The maximum atomic E-state index is 12.4. The summed E-state index contributed by atoms with van der Waals surface area (Å²) in [4.78, 5) is 48.4. The van der Waals surface area contributed by atoms with Crippen LogP contribution in [-0.4, -0.2) is 35.9 Å². The maximum Gasteiger partial charge on any atom is 0.311 e. The van der Waals surface area contributed by atoms with Crippen molar-refractivity contribution in [2.75, 3.05) is 23.4 Å². The number of rotatable bonds is 7. The van der Waals surface area contributed by atoms with Crippen molar-refractivity contribution in [1.29, 1.82) is 0 Å². The molecule has 3 rings (SSSR count). The number of aryl methyl sites for hydroxylation is 1. The number of benzene rings is 2. The Labute approximate surface area is 186 Å². The van der Waals surface area contributed by atoms with E-state index >= 15 is 0 Å². The van der Waals surface area contributed by atoms with Crippen molar-refractivity contribution in [3.8, 4) is 0 Å². The summed E-state index contributed by atoms with van der Waals surface area (Å²) < 4.78 is 6.01. The Bertz CT molecular complexity index is 1020. The molecule has 1 N–H and O–H groups in total. The second-order valence-electron chi connectivity index (χ2n) is 6.99. The Hall–Kier alpha value is -3.27. The molecule has 0 unspecified atom stereocenters. The van der Waals surface area contributed by atoms with E-state index in [9.17, 15) is 24.5 Å². The number of anilines is 2. The van der Waals surface area contributed by atoms with Crippen LogP contribution in [0.2, 0.25) is 0 Å². The van der Waals surface area contributed by atoms with E-state index in [1.807, 2.05) is 13.0 Å². The average Bonchev–Trinajstić information content (AvgIpc) is 3.15. The average molecular weight is 490 g/mol. The van der Waals surface area contributed by atoms with Gasteiger partial charge in [0.05, 0.1) is 10.8 Å². The summed E-state index contributed by atoms with van der Waals surface area (Å²) in [5, 5.41) is 13.5. The van der Waals surface area contributed by atoms with Crippen LogP contribution in [0, 0.1) is 16.0 Å². The topological polar surface area (TPSA) is 119 Å². The molecule has 0 aliphatic carbocycles. The van der Waals surface area contributed by atoms with E-state index in [1.165, 1.54) is 29.2 Å². The Morgan fingerprint density at radius 2 is 1.97 bits per heavy atom. The number of nitrogens with one attached hydrogen (secondary N) is 1. The lowest BCUT2D eigenvalue weighted by atomic mass is 10.1. The van der Waals surface area contributed by atoms with Crippen molar-refractivity contribution in [2.24, 2.45) is 5.92 Å². The summed E-state index contributed by atoms with van der Waals surface area (Å²) in [6.07, 6.45) is 0.668. The molecule has 0 bridgehead atoms. The van der Waals surface area contributed by atoms with Crippen LogP contribution in [0.1, 0.15) is 18.9 Å². The summed E-state index contributed by atoms with van der Waals surface area (Å²) in [5.74, 6) is -2.11. The van der Waals surface area contributed by atoms with Crippen LogP contribution >= 0.6 is 15.9 Å². The molecule has 31 heavy (non-hydrogen) atoms. The van der Waals surface area contributed by atoms with Gasteiger partial charge in [0.2, 0.25) is 5.91 Å². The monoisotopic (exact) mass is 489 g/mol. The lowest BCUT2D eigenvalue weighted by Crippen LogP contribution is -2.28. The fraction of sp³-hybridized carbons (Fsp3) is 0.286. The number of esters is 1. The molecule has 1 aliphatic rings. The number of ether oxygens (including phenoxy) is 1. The first-order valence-corrected chi connectivity index (χ1v) is 10.4. The molecule has 0 spiro atoms. The van der Waals surface area contributed by atoms with Crippen LogP contribution in [-0.2, 0) is 25.5 Å². The molecular formula is C21H20BrN3O6. The first kappa shape index (κ1) is 22.4. The highest BCUT2D eigenvalue weighted by Gasteiger charge is 2.36. The Morgan fingerprint density at radius 1 is 1.26 bits per heavy atom. The Morgan fingerprint density at radius 3 is 2.61 bits per heavy atom. The summed E-state index contributed by atoms with van der Waals surface area (Å²) in [5.41, 5.74) is 1.96. The molecule has 0 saturated carbocycles. The highest BCUT2D eigenvalue weighted by Crippen LogP contribution is 2.27. The van der Waals surface area contributed by atoms with Crippen molar-refractivity contribution < 1.29 is 24.0 Å². The van der Waals surface area contributed by atoms with Gasteiger partial charge in [-0.05, 0) is 42.3 Å². The van der Waals surface area contributed by atoms with Gasteiger partial charge in [-0.3, -0.25) is 24.5 Å². The second kappa shape index (κ2) is 9.69. The summed E-state index contributed by atoms with van der Waals surface area (Å²) >= 11 is 3.38. The Balaban J connectivity index is 1.54. The van der Waals surface area contributed by atoms with Crippen LogP contribution in [0.5, 0.6) is 0 Å². The molecule has 2 aromatic rings. The van der Waals surface area contributed by atoms with E-state index in [2.05, 4.69) is 21.2 Å². The number of nitrogens with zero attached hydrogens (tertiary/aromatic N) is 2. The number of non-ortho nitro benzene ring substituents is 1. The van der Waals surface area contributed by atoms with E-state index in [0.29, 0.717) is 11.4 Å². The van der Waals surface area contributed by atoms with Gasteiger partial charge in [-0.25, -0.2) is 0 Å². The fourth-order valence-electron chi connectivity index (χ4n) is 3.29. The van der Waals surface area contributed by atoms with E-state index in [-0.39, 0.29) is 24.6 Å². The molecule has 1 fully saturated rings. The van der Waals surface area contributed by atoms with E-state index in [4.69, 9.17) is 4.74 Å². The van der Waals surface area contributed by atoms with Gasteiger partial charge in [0.1, 0.15) is 0 Å². The van der Waals surface area contributed by atoms with Crippen LogP contribution in [0.4, 0.5) is 17.1 Å². The molecular weight excluding hydrogens is 470 g/mol. The molecule has 1 heterocycles. The first-order chi connectivity index (χ1) is 14.8. The van der Waals surface area contributed by atoms with Crippen molar-refractivity contribution in [3.63, 3.8) is 0 Å². The van der Waals surface area contributed by atoms with Crippen molar-refractivity contribution in [3.05, 3.63) is 62.6 Å². The van der Waals surface area contributed by atoms with Crippen molar-refractivity contribution >= 4 is 50.8 Å². The summed E-state index contributed by atoms with van der Waals surface area (Å²) in [6, 6.07) is 11.0. The number of hydrogen-bond donors (Lipinski definition) is 1. The predicted molar refractivity (Wildman–Crippen MR) is 117 cm³/mol. The van der Waals surface area contributed by atoms with Crippen LogP contribution in [0.15, 0.2) is 46.9 Å². The molecule has 1 saturated heterocycles. The normalized spacial score (nSPS) is 15.6. The third-order valence-electron chi connectivity index (χ3n) is 4.90. The van der Waals surface area contributed by atoms with Gasteiger partial charge < -0.3 is 15.0 Å². The zero-order valence-corrected chi connectivity index (χ0v) is 18.3. The molecule has 2 amide bonds. The number of hydrogen-bond acceptors (Lipinski definition) is 6. The highest BCUT2D eigenvalue weighted by atomic mass is 79.9. The minimum absolute atomic E-state index is 0.0515. The zero-order valence-electron chi connectivity index (χ0n) is 16.7. The standard InChI is InChI=1S/C21H20BrN3O6/c1-2-13-9-15(22)3-8-18(13)23-19(26)12-31-21(28)14-10-20(27)24(11-14)16-4-6-17(7-5-16)25(29)30/h3-9,14H,2,10-12H2,1H3,(H,23,26)/t14-/m1/s1. The Kier molecular flexibility index (Phi) is 7.01.